The molecule has 0 aliphatic carbocycles. The van der Waals surface area contributed by atoms with Gasteiger partial charge in [-0.05, 0) is 96.8 Å². The maximum atomic E-state index is 5.28. The van der Waals surface area contributed by atoms with E-state index in [0.717, 1.165) is 45.1 Å². The van der Waals surface area contributed by atoms with Crippen molar-refractivity contribution in [3.05, 3.63) is 82.9 Å². The first-order valence-electron chi connectivity index (χ1n) is 9.06. The molecule has 0 saturated carbocycles. The summed E-state index contributed by atoms with van der Waals surface area (Å²) in [5.41, 5.74) is 6.01. The van der Waals surface area contributed by atoms with E-state index in [-0.39, 0.29) is 0 Å². The van der Waals surface area contributed by atoms with Gasteiger partial charge in [-0.15, -0.1) is 0 Å². The Bertz CT molecular complexity index is 923. The summed E-state index contributed by atoms with van der Waals surface area (Å²) in [6, 6.07) is 19.8. The van der Waals surface area contributed by atoms with Gasteiger partial charge in [-0.3, -0.25) is 9.98 Å². The molecule has 0 amide bonds. The lowest BCUT2D eigenvalue weighted by atomic mass is 10.1. The fraction of sp³-hybridized carbons (Fsp3) is 0.167. The summed E-state index contributed by atoms with van der Waals surface area (Å²) in [6.07, 6.45) is 3.70. The summed E-state index contributed by atoms with van der Waals surface area (Å²) in [7, 11) is 3.35. The van der Waals surface area contributed by atoms with E-state index < -0.39 is 0 Å². The van der Waals surface area contributed by atoms with E-state index in [4.69, 9.17) is 9.47 Å². The van der Waals surface area contributed by atoms with Crippen LogP contribution in [0.2, 0.25) is 0 Å². The Labute approximate surface area is 166 Å². The second kappa shape index (κ2) is 9.00. The van der Waals surface area contributed by atoms with Crippen LogP contribution >= 0.6 is 0 Å². The molecule has 142 valence electrons. The van der Waals surface area contributed by atoms with Crippen molar-refractivity contribution in [1.29, 1.82) is 0 Å². The third kappa shape index (κ3) is 4.86. The maximum Gasteiger partial charge on any atom is 0.121 e. The van der Waals surface area contributed by atoms with Gasteiger partial charge < -0.3 is 9.47 Å². The zero-order chi connectivity index (χ0) is 19.9. The highest BCUT2D eigenvalue weighted by molar-refractivity contribution is 5.84. The number of benzene rings is 3. The zero-order valence-corrected chi connectivity index (χ0v) is 16.6. The maximum absolute atomic E-state index is 5.28. The van der Waals surface area contributed by atoms with E-state index >= 15 is 0 Å². The van der Waals surface area contributed by atoms with Crippen LogP contribution in [0.15, 0.2) is 70.6 Å². The zero-order valence-electron chi connectivity index (χ0n) is 16.6. The molecule has 4 nitrogen and oxygen atoms in total. The van der Waals surface area contributed by atoms with Gasteiger partial charge in [-0.1, -0.05) is 0 Å². The monoisotopic (exact) mass is 372 g/mol. The molecule has 0 aliphatic rings. The van der Waals surface area contributed by atoms with Gasteiger partial charge in [0.25, 0.3) is 0 Å². The summed E-state index contributed by atoms with van der Waals surface area (Å²) in [5, 5.41) is 0. The van der Waals surface area contributed by atoms with Crippen molar-refractivity contribution < 1.29 is 9.47 Å². The average Bonchev–Trinajstić information content (AvgIpc) is 2.71. The predicted octanol–water partition coefficient (Wildman–Crippen LogP) is 5.82. The van der Waals surface area contributed by atoms with Crippen molar-refractivity contribution in [1.82, 2.24) is 0 Å². The first-order valence-corrected chi connectivity index (χ1v) is 9.06. The highest BCUT2D eigenvalue weighted by atomic mass is 16.5. The molecular formula is C24H24N2O2. The smallest absolute Gasteiger partial charge is 0.121 e. The van der Waals surface area contributed by atoms with E-state index in [0.29, 0.717) is 0 Å². The highest BCUT2D eigenvalue weighted by Gasteiger charge is 1.99. The second-order valence-electron chi connectivity index (χ2n) is 6.49. The van der Waals surface area contributed by atoms with Gasteiger partial charge in [0.05, 0.1) is 25.6 Å². The van der Waals surface area contributed by atoms with Gasteiger partial charge in [0, 0.05) is 12.4 Å². The van der Waals surface area contributed by atoms with Crippen LogP contribution in [-0.2, 0) is 0 Å². The van der Waals surface area contributed by atoms with Crippen LogP contribution < -0.4 is 9.47 Å². The normalized spacial score (nSPS) is 11.3. The predicted molar refractivity (Wildman–Crippen MR) is 116 cm³/mol. The van der Waals surface area contributed by atoms with Crippen LogP contribution in [0.25, 0.3) is 0 Å². The molecule has 3 rings (SSSR count). The fourth-order valence-electron chi connectivity index (χ4n) is 2.89. The van der Waals surface area contributed by atoms with Crippen LogP contribution in [0.5, 0.6) is 11.5 Å². The summed E-state index contributed by atoms with van der Waals surface area (Å²) in [4.78, 5) is 9.06. The molecule has 28 heavy (non-hydrogen) atoms. The van der Waals surface area contributed by atoms with Crippen molar-refractivity contribution in [2.45, 2.75) is 13.8 Å². The molecule has 4 heteroatoms. The molecule has 0 atom stereocenters. The molecule has 0 saturated heterocycles. The summed E-state index contributed by atoms with van der Waals surface area (Å²) in [6.45, 7) is 4.04. The summed E-state index contributed by atoms with van der Waals surface area (Å²) >= 11 is 0. The molecule has 0 radical (unpaired) electrons. The van der Waals surface area contributed by atoms with E-state index in [1.165, 1.54) is 0 Å². The third-order valence-corrected chi connectivity index (χ3v) is 4.41. The molecule has 0 heterocycles. The molecule has 0 aliphatic heterocycles. The first-order chi connectivity index (χ1) is 13.6. The molecule has 0 unspecified atom stereocenters. The van der Waals surface area contributed by atoms with Gasteiger partial charge in [-0.25, -0.2) is 0 Å². The number of rotatable bonds is 6. The van der Waals surface area contributed by atoms with Crippen LogP contribution in [0.3, 0.4) is 0 Å². The Kier molecular flexibility index (Phi) is 6.22. The van der Waals surface area contributed by atoms with Crippen molar-refractivity contribution in [3.63, 3.8) is 0 Å². The van der Waals surface area contributed by atoms with E-state index in [2.05, 4.69) is 22.1 Å². The summed E-state index contributed by atoms with van der Waals surface area (Å²) in [5.74, 6) is 1.76. The van der Waals surface area contributed by atoms with Crippen molar-refractivity contribution in [2.24, 2.45) is 9.98 Å². The quantitative estimate of drug-likeness (QED) is 0.512. The van der Waals surface area contributed by atoms with Crippen LogP contribution in [0, 0.1) is 13.8 Å². The molecule has 0 fully saturated rings. The lowest BCUT2D eigenvalue weighted by Gasteiger charge is -2.04. The topological polar surface area (TPSA) is 43.2 Å². The largest absolute Gasteiger partial charge is 0.496 e. The van der Waals surface area contributed by atoms with Gasteiger partial charge in [0.15, 0.2) is 0 Å². The third-order valence-electron chi connectivity index (χ3n) is 4.41. The molecule has 0 aromatic heterocycles. The SMILES string of the molecule is COc1ccc(C=Nc2ccc(N=Cc3ccc(OC)c(C)c3)cc2)cc1C. The van der Waals surface area contributed by atoms with Crippen molar-refractivity contribution in [3.8, 4) is 11.5 Å². The first kappa shape index (κ1) is 19.4. The lowest BCUT2D eigenvalue weighted by Crippen LogP contribution is -1.89. The van der Waals surface area contributed by atoms with Crippen LogP contribution in [0.4, 0.5) is 11.4 Å². The van der Waals surface area contributed by atoms with Crippen LogP contribution in [0.1, 0.15) is 22.3 Å². The second-order valence-corrected chi connectivity index (χ2v) is 6.49. The van der Waals surface area contributed by atoms with Gasteiger partial charge >= 0.3 is 0 Å². The minimum absolute atomic E-state index is 0.881. The molecule has 0 bridgehead atoms. The Morgan fingerprint density at radius 1 is 0.607 bits per heavy atom. The number of nitrogens with zero attached hydrogens (tertiary/aromatic N) is 2. The number of hydrogen-bond donors (Lipinski definition) is 0. The van der Waals surface area contributed by atoms with E-state index in [9.17, 15) is 0 Å². The Morgan fingerprint density at radius 3 is 1.32 bits per heavy atom. The minimum atomic E-state index is 0.881. The molecule has 0 spiro atoms. The van der Waals surface area contributed by atoms with Gasteiger partial charge in [0.1, 0.15) is 11.5 Å². The number of ether oxygens (including phenoxy) is 2. The van der Waals surface area contributed by atoms with E-state index in [1.54, 1.807) is 14.2 Å². The molecule has 0 N–H and O–H groups in total. The Hall–Kier alpha value is -3.40. The standard InChI is InChI=1S/C24H24N2O2/c1-17-13-19(5-11-23(17)27-3)15-25-21-7-9-22(10-8-21)26-16-20-6-12-24(28-4)18(2)14-20/h5-16H,1-4H3. The Morgan fingerprint density at radius 2 is 1.00 bits per heavy atom. The summed E-state index contributed by atoms with van der Waals surface area (Å²) < 4.78 is 10.6. The van der Waals surface area contributed by atoms with Gasteiger partial charge in [0.2, 0.25) is 0 Å². The number of aryl methyl sites for hydroxylation is 2. The van der Waals surface area contributed by atoms with Gasteiger partial charge in [-0.2, -0.15) is 0 Å². The number of aliphatic imine (C=N–C) groups is 2. The fourth-order valence-corrected chi connectivity index (χ4v) is 2.89. The number of hydrogen-bond acceptors (Lipinski definition) is 4. The average molecular weight is 372 g/mol. The van der Waals surface area contributed by atoms with Crippen molar-refractivity contribution in [2.75, 3.05) is 14.2 Å². The van der Waals surface area contributed by atoms with E-state index in [1.807, 2.05) is 74.8 Å². The molecular weight excluding hydrogens is 348 g/mol. The molecule has 3 aromatic carbocycles. The van der Waals surface area contributed by atoms with Crippen molar-refractivity contribution >= 4 is 23.8 Å². The minimum Gasteiger partial charge on any atom is -0.496 e. The number of methoxy groups -OCH3 is 2. The highest BCUT2D eigenvalue weighted by Crippen LogP contribution is 2.21. The molecule has 3 aromatic rings. The Balaban J connectivity index is 1.67. The lowest BCUT2D eigenvalue weighted by molar-refractivity contribution is 0.411. The van der Waals surface area contributed by atoms with Crippen LogP contribution in [-0.4, -0.2) is 26.6 Å².